The number of nitrogens with one attached hydrogen (secondary N) is 3. The molecule has 10 heteroatoms. The van der Waals surface area contributed by atoms with Crippen molar-refractivity contribution in [2.24, 2.45) is 0 Å². The third-order valence-corrected chi connectivity index (χ3v) is 8.76. The Hall–Kier alpha value is -6.00. The van der Waals surface area contributed by atoms with Crippen LogP contribution in [0.15, 0.2) is 138 Å². The summed E-state index contributed by atoms with van der Waals surface area (Å²) >= 11 is 1.32. The van der Waals surface area contributed by atoms with Crippen molar-refractivity contribution in [3.8, 4) is 0 Å². The summed E-state index contributed by atoms with van der Waals surface area (Å²) in [5, 5.41) is 19.5. The highest BCUT2D eigenvalue weighted by atomic mass is 32.2. The van der Waals surface area contributed by atoms with Crippen LogP contribution in [-0.2, 0) is 9.59 Å². The van der Waals surface area contributed by atoms with E-state index in [1.807, 2.05) is 68.4 Å². The SMILES string of the molecule is Cc1cccc(NC(=O)C(Sc2cccc(NC(=O)/C(=C\c3ccccc3[N+](=O)[O-])NC(=O)c3ccccc3)c2)c2ccccc2)c1C. The van der Waals surface area contributed by atoms with E-state index in [4.69, 9.17) is 0 Å². The number of nitrogens with zero attached hydrogens (tertiary/aromatic N) is 1. The molecule has 5 aromatic carbocycles. The number of rotatable bonds is 11. The summed E-state index contributed by atoms with van der Waals surface area (Å²) in [4.78, 5) is 52.2. The van der Waals surface area contributed by atoms with Gasteiger partial charge in [0.15, 0.2) is 0 Å². The first-order valence-electron chi connectivity index (χ1n) is 15.0. The second-order valence-electron chi connectivity index (χ2n) is 10.8. The van der Waals surface area contributed by atoms with Gasteiger partial charge in [-0.2, -0.15) is 0 Å². The molecule has 0 saturated heterocycles. The van der Waals surface area contributed by atoms with E-state index in [2.05, 4.69) is 16.0 Å². The maximum atomic E-state index is 13.7. The van der Waals surface area contributed by atoms with Crippen LogP contribution < -0.4 is 16.0 Å². The second-order valence-corrected chi connectivity index (χ2v) is 12.0. The van der Waals surface area contributed by atoms with Gasteiger partial charge in [0.25, 0.3) is 17.5 Å². The molecule has 0 fully saturated rings. The van der Waals surface area contributed by atoms with Crippen molar-refractivity contribution in [1.29, 1.82) is 0 Å². The third kappa shape index (κ3) is 8.42. The fourth-order valence-corrected chi connectivity index (χ4v) is 5.92. The average Bonchev–Trinajstić information content (AvgIpc) is 3.10. The van der Waals surface area contributed by atoms with Gasteiger partial charge in [0.05, 0.1) is 10.5 Å². The normalized spacial score (nSPS) is 11.7. The molecule has 0 bridgehead atoms. The van der Waals surface area contributed by atoms with Crippen molar-refractivity contribution in [2.45, 2.75) is 24.0 Å². The Kier molecular flexibility index (Phi) is 10.8. The lowest BCUT2D eigenvalue weighted by Gasteiger charge is -2.19. The molecule has 0 aliphatic rings. The number of para-hydroxylation sites is 1. The van der Waals surface area contributed by atoms with Crippen molar-refractivity contribution in [1.82, 2.24) is 5.32 Å². The molecule has 0 spiro atoms. The fraction of sp³-hybridized carbons (Fsp3) is 0.0789. The Morgan fingerprint density at radius 2 is 1.44 bits per heavy atom. The van der Waals surface area contributed by atoms with Crippen LogP contribution in [0.25, 0.3) is 6.08 Å². The molecule has 1 atom stereocenters. The Balaban J connectivity index is 1.41. The number of carbonyl (C=O) groups excluding carboxylic acids is 3. The van der Waals surface area contributed by atoms with Crippen LogP contribution in [0, 0.1) is 24.0 Å². The number of thioether (sulfide) groups is 1. The van der Waals surface area contributed by atoms with Gasteiger partial charge in [0, 0.05) is 27.9 Å². The van der Waals surface area contributed by atoms with E-state index < -0.39 is 22.0 Å². The summed E-state index contributed by atoms with van der Waals surface area (Å²) in [6, 6.07) is 36.4. The largest absolute Gasteiger partial charge is 0.325 e. The number of anilines is 2. The topological polar surface area (TPSA) is 130 Å². The highest BCUT2D eigenvalue weighted by molar-refractivity contribution is 8.00. The van der Waals surface area contributed by atoms with Gasteiger partial charge in [-0.3, -0.25) is 24.5 Å². The number of hydrogen-bond donors (Lipinski definition) is 3. The maximum absolute atomic E-state index is 13.7. The van der Waals surface area contributed by atoms with E-state index in [-0.39, 0.29) is 22.9 Å². The Bertz CT molecular complexity index is 2000. The molecule has 48 heavy (non-hydrogen) atoms. The highest BCUT2D eigenvalue weighted by Gasteiger charge is 2.24. The van der Waals surface area contributed by atoms with Crippen molar-refractivity contribution >= 4 is 52.6 Å². The third-order valence-electron chi connectivity index (χ3n) is 7.51. The van der Waals surface area contributed by atoms with Crippen LogP contribution in [0.5, 0.6) is 0 Å². The van der Waals surface area contributed by atoms with Crippen LogP contribution in [0.1, 0.15) is 37.9 Å². The van der Waals surface area contributed by atoms with Gasteiger partial charge in [-0.05, 0) is 79.1 Å². The molecule has 0 aliphatic carbocycles. The number of carbonyl (C=O) groups is 3. The van der Waals surface area contributed by atoms with Crippen LogP contribution >= 0.6 is 11.8 Å². The van der Waals surface area contributed by atoms with Gasteiger partial charge >= 0.3 is 0 Å². The molecule has 5 rings (SSSR count). The van der Waals surface area contributed by atoms with Gasteiger partial charge < -0.3 is 16.0 Å². The predicted octanol–water partition coefficient (Wildman–Crippen LogP) is 8.09. The number of nitro benzene ring substituents is 1. The molecule has 0 heterocycles. The first-order chi connectivity index (χ1) is 23.2. The van der Waals surface area contributed by atoms with E-state index in [0.717, 1.165) is 22.4 Å². The Morgan fingerprint density at radius 3 is 2.17 bits per heavy atom. The minimum atomic E-state index is -0.688. The zero-order valence-corrected chi connectivity index (χ0v) is 27.0. The minimum Gasteiger partial charge on any atom is -0.325 e. The van der Waals surface area contributed by atoms with Crippen molar-refractivity contribution in [3.05, 3.63) is 171 Å². The number of benzene rings is 5. The molecular weight excluding hydrogens is 625 g/mol. The highest BCUT2D eigenvalue weighted by Crippen LogP contribution is 2.37. The lowest BCUT2D eigenvalue weighted by Crippen LogP contribution is -2.30. The summed E-state index contributed by atoms with van der Waals surface area (Å²) in [5.74, 6) is -1.44. The fourth-order valence-electron chi connectivity index (χ4n) is 4.84. The van der Waals surface area contributed by atoms with Crippen molar-refractivity contribution in [3.63, 3.8) is 0 Å². The smallest absolute Gasteiger partial charge is 0.276 e. The zero-order valence-electron chi connectivity index (χ0n) is 26.2. The minimum absolute atomic E-state index is 0.144. The van der Waals surface area contributed by atoms with E-state index in [1.54, 1.807) is 54.6 Å². The van der Waals surface area contributed by atoms with Crippen molar-refractivity contribution in [2.75, 3.05) is 10.6 Å². The summed E-state index contributed by atoms with van der Waals surface area (Å²) in [7, 11) is 0. The van der Waals surface area contributed by atoms with Gasteiger partial charge in [0.1, 0.15) is 10.9 Å². The number of hydrogen-bond acceptors (Lipinski definition) is 6. The van der Waals surface area contributed by atoms with Crippen molar-refractivity contribution < 1.29 is 19.3 Å². The van der Waals surface area contributed by atoms with Crippen LogP contribution in [0.3, 0.4) is 0 Å². The molecule has 3 amide bonds. The van der Waals surface area contributed by atoms with Gasteiger partial charge in [0.2, 0.25) is 5.91 Å². The van der Waals surface area contributed by atoms with E-state index >= 15 is 0 Å². The molecule has 5 aromatic rings. The summed E-state index contributed by atoms with van der Waals surface area (Å²) in [5.41, 5.74) is 4.03. The van der Waals surface area contributed by atoms with Crippen LogP contribution in [0.2, 0.25) is 0 Å². The van der Waals surface area contributed by atoms with E-state index in [0.29, 0.717) is 16.1 Å². The standard InChI is InChI=1S/C38H32N4O5S/c1-25-13-11-21-32(26(25)2)40-38(45)35(27-14-5-3-6-15-27)48-31-20-12-19-30(24-31)39-37(44)33(41-36(43)28-16-7-4-8-17-28)23-29-18-9-10-22-34(29)42(46)47/h3-24,35H,1-2H3,(H,39,44)(H,40,45)(H,41,43)/b33-23+. The van der Waals surface area contributed by atoms with Gasteiger partial charge in [-0.25, -0.2) is 0 Å². The molecule has 0 aliphatic heterocycles. The van der Waals surface area contributed by atoms with Gasteiger partial charge in [-0.15, -0.1) is 11.8 Å². The van der Waals surface area contributed by atoms with Crippen LogP contribution in [-0.4, -0.2) is 22.6 Å². The number of aryl methyl sites for hydroxylation is 1. The summed E-state index contributed by atoms with van der Waals surface area (Å²) in [6.45, 7) is 3.95. The molecule has 1 unspecified atom stereocenters. The van der Waals surface area contributed by atoms with E-state index in [1.165, 1.54) is 36.0 Å². The Labute approximate surface area is 282 Å². The first-order valence-corrected chi connectivity index (χ1v) is 15.9. The maximum Gasteiger partial charge on any atom is 0.276 e. The lowest BCUT2D eigenvalue weighted by molar-refractivity contribution is -0.385. The molecule has 9 nitrogen and oxygen atoms in total. The zero-order chi connectivity index (χ0) is 34.0. The molecule has 3 N–H and O–H groups in total. The van der Waals surface area contributed by atoms with Crippen LogP contribution in [0.4, 0.5) is 17.1 Å². The van der Waals surface area contributed by atoms with E-state index in [9.17, 15) is 24.5 Å². The molecule has 240 valence electrons. The number of nitro groups is 1. The second kappa shape index (κ2) is 15.5. The Morgan fingerprint density at radius 1 is 0.771 bits per heavy atom. The van der Waals surface area contributed by atoms with Gasteiger partial charge in [-0.1, -0.05) is 78.9 Å². The lowest BCUT2D eigenvalue weighted by atomic mass is 10.1. The number of amides is 3. The molecule has 0 radical (unpaired) electrons. The summed E-state index contributed by atoms with van der Waals surface area (Å²) in [6.07, 6.45) is 1.27. The molecular formula is C38H32N4O5S. The average molecular weight is 657 g/mol. The predicted molar refractivity (Wildman–Crippen MR) is 190 cm³/mol. The quantitative estimate of drug-likeness (QED) is 0.0570. The first kappa shape index (κ1) is 33.4. The monoisotopic (exact) mass is 656 g/mol. The molecule has 0 saturated carbocycles. The molecule has 0 aromatic heterocycles. The summed E-state index contributed by atoms with van der Waals surface area (Å²) < 4.78 is 0.